The van der Waals surface area contributed by atoms with Crippen molar-refractivity contribution in [1.29, 1.82) is 0 Å². The molecule has 5 heteroatoms. The maximum absolute atomic E-state index is 13.0. The fourth-order valence-corrected chi connectivity index (χ4v) is 5.07. The summed E-state index contributed by atoms with van der Waals surface area (Å²) in [5.41, 5.74) is 2.54. The van der Waals surface area contributed by atoms with Crippen LogP contribution in [0, 0.1) is 6.92 Å². The third-order valence-electron chi connectivity index (χ3n) is 5.31. The number of hydrogen-bond acceptors (Lipinski definition) is 5. The van der Waals surface area contributed by atoms with Crippen LogP contribution in [0.5, 0.6) is 0 Å². The van der Waals surface area contributed by atoms with Gasteiger partial charge < -0.3 is 9.64 Å². The number of fused-ring (bicyclic) bond motifs is 1. The molecule has 3 rings (SSSR count). The van der Waals surface area contributed by atoms with Crippen LogP contribution in [0.1, 0.15) is 57.4 Å². The average molecular weight is 386 g/mol. The zero-order valence-electron chi connectivity index (χ0n) is 16.3. The van der Waals surface area contributed by atoms with Crippen molar-refractivity contribution in [2.24, 2.45) is 0 Å². The first kappa shape index (κ1) is 19.8. The molecule has 0 saturated heterocycles. The molecule has 0 radical (unpaired) electrons. The minimum Gasteiger partial charge on any atom is -0.464 e. The van der Waals surface area contributed by atoms with E-state index in [1.807, 2.05) is 37.3 Å². The maximum Gasteiger partial charge on any atom is 0.314 e. The molecule has 0 N–H and O–H groups in total. The van der Waals surface area contributed by atoms with Gasteiger partial charge in [0, 0.05) is 27.4 Å². The highest BCUT2D eigenvalue weighted by molar-refractivity contribution is 7.12. The van der Waals surface area contributed by atoms with E-state index in [4.69, 9.17) is 4.74 Å². The van der Waals surface area contributed by atoms with E-state index in [9.17, 15) is 9.59 Å². The van der Waals surface area contributed by atoms with E-state index in [0.717, 1.165) is 53.4 Å². The second-order valence-electron chi connectivity index (χ2n) is 6.86. The smallest absolute Gasteiger partial charge is 0.314 e. The Morgan fingerprint density at radius 3 is 2.56 bits per heavy atom. The molecule has 0 spiro atoms. The summed E-state index contributed by atoms with van der Waals surface area (Å²) in [5.74, 6) is -0.320. The van der Waals surface area contributed by atoms with Crippen molar-refractivity contribution in [3.63, 3.8) is 0 Å². The molecule has 1 heterocycles. The van der Waals surface area contributed by atoms with Gasteiger partial charge in [-0.3, -0.25) is 9.59 Å². The summed E-state index contributed by atoms with van der Waals surface area (Å²) in [7, 11) is 0. The Labute approximate surface area is 165 Å². The predicted octanol–water partition coefficient (Wildman–Crippen LogP) is 4.20. The van der Waals surface area contributed by atoms with Crippen molar-refractivity contribution in [2.75, 3.05) is 26.2 Å². The van der Waals surface area contributed by atoms with Gasteiger partial charge in [0.25, 0.3) is 0 Å². The topological polar surface area (TPSA) is 46.6 Å². The summed E-state index contributed by atoms with van der Waals surface area (Å²) in [6, 6.07) is 9.36. The number of ether oxygens (including phenoxy) is 1. The molecule has 1 aromatic carbocycles. The molecular weight excluding hydrogens is 358 g/mol. The Morgan fingerprint density at radius 1 is 1.19 bits per heavy atom. The first-order valence-electron chi connectivity index (χ1n) is 9.67. The van der Waals surface area contributed by atoms with Crippen LogP contribution in [0.4, 0.5) is 0 Å². The standard InChI is InChI=1S/C22H27NO3S/c1-4-23(5-2)13-14-26-22(25)18-12-11-17-19(15(3)27-21(17)18)20(24)16-9-7-6-8-10-16/h6-10,18H,4-5,11-14H2,1-3H3. The highest BCUT2D eigenvalue weighted by atomic mass is 32.1. The number of thiophene rings is 1. The molecule has 2 aromatic rings. The Bertz CT molecular complexity index is 808. The highest BCUT2D eigenvalue weighted by Crippen LogP contribution is 2.43. The van der Waals surface area contributed by atoms with E-state index in [1.54, 1.807) is 11.3 Å². The van der Waals surface area contributed by atoms with E-state index >= 15 is 0 Å². The number of esters is 1. The van der Waals surface area contributed by atoms with Crippen molar-refractivity contribution in [3.05, 3.63) is 56.8 Å². The number of aryl methyl sites for hydroxylation is 1. The molecule has 27 heavy (non-hydrogen) atoms. The van der Waals surface area contributed by atoms with Crippen LogP contribution in [0.25, 0.3) is 0 Å². The van der Waals surface area contributed by atoms with E-state index in [1.165, 1.54) is 0 Å². The molecule has 0 amide bonds. The number of carbonyl (C=O) groups is 2. The largest absolute Gasteiger partial charge is 0.464 e. The molecule has 1 aliphatic carbocycles. The lowest BCUT2D eigenvalue weighted by Crippen LogP contribution is -2.28. The summed E-state index contributed by atoms with van der Waals surface area (Å²) in [4.78, 5) is 29.8. The van der Waals surface area contributed by atoms with Crippen molar-refractivity contribution in [2.45, 2.75) is 39.5 Å². The predicted molar refractivity (Wildman–Crippen MR) is 109 cm³/mol. The van der Waals surface area contributed by atoms with E-state index in [2.05, 4.69) is 18.7 Å². The Kier molecular flexibility index (Phi) is 6.45. The molecule has 1 unspecified atom stereocenters. The van der Waals surface area contributed by atoms with Gasteiger partial charge in [0.05, 0.1) is 5.92 Å². The van der Waals surface area contributed by atoms with Gasteiger partial charge in [-0.15, -0.1) is 11.3 Å². The summed E-state index contributed by atoms with van der Waals surface area (Å²) in [6.45, 7) is 9.28. The third kappa shape index (κ3) is 4.14. The maximum atomic E-state index is 13.0. The lowest BCUT2D eigenvalue weighted by molar-refractivity contribution is -0.145. The summed E-state index contributed by atoms with van der Waals surface area (Å²) < 4.78 is 5.55. The van der Waals surface area contributed by atoms with Gasteiger partial charge in [0.15, 0.2) is 5.78 Å². The van der Waals surface area contributed by atoms with Crippen LogP contribution in [0.3, 0.4) is 0 Å². The van der Waals surface area contributed by atoms with Gasteiger partial charge in [-0.2, -0.15) is 0 Å². The molecule has 1 aromatic heterocycles. The van der Waals surface area contributed by atoms with E-state index in [-0.39, 0.29) is 17.7 Å². The second-order valence-corrected chi connectivity index (χ2v) is 8.11. The monoisotopic (exact) mass is 385 g/mol. The lowest BCUT2D eigenvalue weighted by atomic mass is 9.99. The zero-order chi connectivity index (χ0) is 19.4. The molecule has 144 valence electrons. The van der Waals surface area contributed by atoms with Gasteiger partial charge in [-0.1, -0.05) is 44.2 Å². The quantitative estimate of drug-likeness (QED) is 0.505. The summed E-state index contributed by atoms with van der Waals surface area (Å²) in [6.07, 6.45) is 1.50. The molecule has 0 fully saturated rings. The fourth-order valence-electron chi connectivity index (χ4n) is 3.73. The molecule has 1 atom stereocenters. The van der Waals surface area contributed by atoms with Gasteiger partial charge in [-0.05, 0) is 38.4 Å². The number of ketones is 1. The van der Waals surface area contributed by atoms with E-state index in [0.29, 0.717) is 12.2 Å². The first-order valence-corrected chi connectivity index (χ1v) is 10.5. The normalized spacial score (nSPS) is 15.8. The SMILES string of the molecule is CCN(CC)CCOC(=O)C1CCc2c1sc(C)c2C(=O)c1ccccc1. The van der Waals surface area contributed by atoms with Crippen LogP contribution in [-0.4, -0.2) is 42.9 Å². The summed E-state index contributed by atoms with van der Waals surface area (Å²) >= 11 is 1.58. The number of likely N-dealkylation sites (N-methyl/N-ethyl adjacent to an activating group) is 1. The molecule has 0 aliphatic heterocycles. The van der Waals surface area contributed by atoms with Gasteiger partial charge in [0.2, 0.25) is 0 Å². The second kappa shape index (κ2) is 8.81. The minimum absolute atomic E-state index is 0.0566. The minimum atomic E-state index is -0.224. The summed E-state index contributed by atoms with van der Waals surface area (Å²) in [5, 5.41) is 0. The van der Waals surface area contributed by atoms with Crippen LogP contribution >= 0.6 is 11.3 Å². The fraction of sp³-hybridized carbons (Fsp3) is 0.455. The molecular formula is C22H27NO3S. The number of benzene rings is 1. The van der Waals surface area contributed by atoms with Crippen LogP contribution in [0.15, 0.2) is 30.3 Å². The molecule has 0 saturated carbocycles. The number of nitrogens with zero attached hydrogens (tertiary/aromatic N) is 1. The highest BCUT2D eigenvalue weighted by Gasteiger charge is 2.36. The average Bonchev–Trinajstić information content (AvgIpc) is 3.23. The van der Waals surface area contributed by atoms with Crippen molar-refractivity contribution >= 4 is 23.1 Å². The third-order valence-corrected chi connectivity index (χ3v) is 6.57. The van der Waals surface area contributed by atoms with E-state index < -0.39 is 0 Å². The van der Waals surface area contributed by atoms with Crippen LogP contribution < -0.4 is 0 Å². The van der Waals surface area contributed by atoms with Gasteiger partial charge in [0.1, 0.15) is 6.61 Å². The van der Waals surface area contributed by atoms with Crippen molar-refractivity contribution in [3.8, 4) is 0 Å². The van der Waals surface area contributed by atoms with Gasteiger partial charge >= 0.3 is 5.97 Å². The Balaban J connectivity index is 1.73. The zero-order valence-corrected chi connectivity index (χ0v) is 17.1. The molecule has 0 bridgehead atoms. The molecule has 1 aliphatic rings. The molecule has 4 nitrogen and oxygen atoms in total. The van der Waals surface area contributed by atoms with Crippen LogP contribution in [0.2, 0.25) is 0 Å². The van der Waals surface area contributed by atoms with Gasteiger partial charge in [-0.25, -0.2) is 0 Å². The number of hydrogen-bond donors (Lipinski definition) is 0. The first-order chi connectivity index (χ1) is 13.1. The number of rotatable bonds is 8. The number of carbonyl (C=O) groups excluding carboxylic acids is 2. The van der Waals surface area contributed by atoms with Crippen molar-refractivity contribution < 1.29 is 14.3 Å². The Morgan fingerprint density at radius 2 is 1.89 bits per heavy atom. The van der Waals surface area contributed by atoms with Crippen molar-refractivity contribution in [1.82, 2.24) is 4.90 Å². The lowest BCUT2D eigenvalue weighted by Gasteiger charge is -2.18. The Hall–Kier alpha value is -1.98. The van der Waals surface area contributed by atoms with Crippen LogP contribution in [-0.2, 0) is 16.0 Å².